The number of rotatable bonds is 6. The Kier molecular flexibility index (Phi) is 5.81. The van der Waals surface area contributed by atoms with Crippen LogP contribution in [0.25, 0.3) is 0 Å². The minimum Gasteiger partial charge on any atom is -0.495 e. The van der Waals surface area contributed by atoms with Gasteiger partial charge in [0.15, 0.2) is 0 Å². The van der Waals surface area contributed by atoms with E-state index in [0.29, 0.717) is 22.7 Å². The number of hydrogen-bond acceptors (Lipinski definition) is 5. The SMILES string of the molecule is COc1ccccc1NC(=O)c1ccc(NS(=O)(=O)c2ccc(Cl)nc2)cc1. The number of aromatic nitrogens is 1. The average molecular weight is 418 g/mol. The molecule has 9 heteroatoms. The second-order valence-electron chi connectivity index (χ2n) is 5.65. The van der Waals surface area contributed by atoms with Crippen molar-refractivity contribution in [2.24, 2.45) is 0 Å². The molecular formula is C19H16ClN3O4S. The van der Waals surface area contributed by atoms with Crippen molar-refractivity contribution in [3.8, 4) is 5.75 Å². The van der Waals surface area contributed by atoms with Crippen molar-refractivity contribution in [3.05, 3.63) is 77.6 Å². The third-order valence-electron chi connectivity index (χ3n) is 3.77. The van der Waals surface area contributed by atoms with Gasteiger partial charge < -0.3 is 10.1 Å². The average Bonchev–Trinajstić information content (AvgIpc) is 2.69. The van der Waals surface area contributed by atoms with Crippen molar-refractivity contribution in [1.82, 2.24) is 4.98 Å². The third kappa shape index (κ3) is 4.59. The van der Waals surface area contributed by atoms with Gasteiger partial charge in [0.05, 0.1) is 12.8 Å². The molecule has 0 aliphatic heterocycles. The molecule has 2 aromatic carbocycles. The zero-order valence-corrected chi connectivity index (χ0v) is 16.3. The maximum Gasteiger partial charge on any atom is 0.263 e. The molecule has 7 nitrogen and oxygen atoms in total. The molecule has 0 saturated heterocycles. The molecule has 0 radical (unpaired) electrons. The van der Waals surface area contributed by atoms with Crippen molar-refractivity contribution in [1.29, 1.82) is 0 Å². The maximum atomic E-state index is 12.4. The van der Waals surface area contributed by atoms with Crippen LogP contribution in [0.2, 0.25) is 5.15 Å². The van der Waals surface area contributed by atoms with E-state index in [1.165, 1.54) is 49.7 Å². The molecule has 3 aromatic rings. The summed E-state index contributed by atoms with van der Waals surface area (Å²) in [6.45, 7) is 0. The molecule has 2 N–H and O–H groups in total. The standard InChI is InChI=1S/C19H16ClN3O4S/c1-27-17-5-3-2-4-16(17)22-19(24)13-6-8-14(9-7-13)23-28(25,26)15-10-11-18(20)21-12-15/h2-12,23H,1H3,(H,22,24). The van der Waals surface area contributed by atoms with Gasteiger partial charge in [-0.15, -0.1) is 0 Å². The zero-order chi connectivity index (χ0) is 20.1. The van der Waals surface area contributed by atoms with Gasteiger partial charge in [0.1, 0.15) is 15.8 Å². The van der Waals surface area contributed by atoms with E-state index in [1.54, 1.807) is 24.3 Å². The molecular weight excluding hydrogens is 402 g/mol. The summed E-state index contributed by atoms with van der Waals surface area (Å²) in [5, 5.41) is 2.95. The first kappa shape index (κ1) is 19.7. The first-order valence-corrected chi connectivity index (χ1v) is 9.94. The van der Waals surface area contributed by atoms with E-state index in [0.717, 1.165) is 0 Å². The lowest BCUT2D eigenvalue weighted by Gasteiger charge is -2.11. The summed E-state index contributed by atoms with van der Waals surface area (Å²) in [5.41, 5.74) is 1.21. The van der Waals surface area contributed by atoms with Crippen LogP contribution in [0.5, 0.6) is 5.75 Å². The number of carbonyl (C=O) groups excluding carboxylic acids is 1. The molecule has 1 amide bonds. The molecule has 1 aromatic heterocycles. The normalized spacial score (nSPS) is 10.9. The van der Waals surface area contributed by atoms with Gasteiger partial charge in [-0.3, -0.25) is 9.52 Å². The molecule has 144 valence electrons. The zero-order valence-electron chi connectivity index (χ0n) is 14.7. The Morgan fingerprint density at radius 1 is 1.04 bits per heavy atom. The fourth-order valence-electron chi connectivity index (χ4n) is 2.37. The summed E-state index contributed by atoms with van der Waals surface area (Å²) in [7, 11) is -2.29. The molecule has 0 bridgehead atoms. The number of amides is 1. The van der Waals surface area contributed by atoms with Crippen LogP contribution >= 0.6 is 11.6 Å². The van der Waals surface area contributed by atoms with Gasteiger partial charge in [-0.25, -0.2) is 13.4 Å². The number of halogens is 1. The van der Waals surface area contributed by atoms with Gasteiger partial charge in [-0.2, -0.15) is 0 Å². The summed E-state index contributed by atoms with van der Waals surface area (Å²) in [4.78, 5) is 16.1. The van der Waals surface area contributed by atoms with Crippen molar-refractivity contribution in [3.63, 3.8) is 0 Å². The first-order chi connectivity index (χ1) is 13.4. The summed E-state index contributed by atoms with van der Waals surface area (Å²) in [6, 6.07) is 15.8. The number of sulfonamides is 1. The van der Waals surface area contributed by atoms with Crippen LogP contribution in [-0.4, -0.2) is 26.4 Å². The lowest BCUT2D eigenvalue weighted by atomic mass is 10.2. The van der Waals surface area contributed by atoms with Gasteiger partial charge >= 0.3 is 0 Å². The van der Waals surface area contributed by atoms with Crippen LogP contribution in [0.1, 0.15) is 10.4 Å². The van der Waals surface area contributed by atoms with Crippen LogP contribution in [0.4, 0.5) is 11.4 Å². The fourth-order valence-corrected chi connectivity index (χ4v) is 3.48. The number of carbonyl (C=O) groups is 1. The van der Waals surface area contributed by atoms with Crippen LogP contribution in [0.15, 0.2) is 71.8 Å². The van der Waals surface area contributed by atoms with Crippen LogP contribution in [0, 0.1) is 0 Å². The highest BCUT2D eigenvalue weighted by molar-refractivity contribution is 7.92. The monoisotopic (exact) mass is 417 g/mol. The molecule has 0 fully saturated rings. The first-order valence-electron chi connectivity index (χ1n) is 8.08. The Labute approximate surface area is 167 Å². The number of pyridine rings is 1. The molecule has 0 aliphatic carbocycles. The largest absolute Gasteiger partial charge is 0.495 e. The number of nitrogens with zero attached hydrogens (tertiary/aromatic N) is 1. The number of benzene rings is 2. The minimum absolute atomic E-state index is 0.0186. The second-order valence-corrected chi connectivity index (χ2v) is 7.72. The second kappa shape index (κ2) is 8.28. The molecule has 0 spiro atoms. The molecule has 0 unspecified atom stereocenters. The molecule has 28 heavy (non-hydrogen) atoms. The predicted molar refractivity (Wildman–Crippen MR) is 107 cm³/mol. The van der Waals surface area contributed by atoms with E-state index in [1.807, 2.05) is 0 Å². The summed E-state index contributed by atoms with van der Waals surface area (Å²) in [5.74, 6) is 0.192. The number of para-hydroxylation sites is 2. The third-order valence-corrected chi connectivity index (χ3v) is 5.36. The van der Waals surface area contributed by atoms with Gasteiger partial charge in [0, 0.05) is 17.4 Å². The van der Waals surface area contributed by atoms with Gasteiger partial charge in [-0.05, 0) is 48.5 Å². The molecule has 1 heterocycles. The highest BCUT2D eigenvalue weighted by atomic mass is 35.5. The molecule has 0 aliphatic rings. The topological polar surface area (TPSA) is 97.4 Å². The Bertz CT molecular complexity index is 1080. The number of methoxy groups -OCH3 is 1. The van der Waals surface area contributed by atoms with E-state index in [4.69, 9.17) is 16.3 Å². The quantitative estimate of drug-likeness (QED) is 0.594. The number of ether oxygens (including phenoxy) is 1. The van der Waals surface area contributed by atoms with Gasteiger partial charge in [-0.1, -0.05) is 23.7 Å². The van der Waals surface area contributed by atoms with Crippen LogP contribution in [0.3, 0.4) is 0 Å². The van der Waals surface area contributed by atoms with E-state index < -0.39 is 10.0 Å². The van der Waals surface area contributed by atoms with Crippen molar-refractivity contribution >= 4 is 38.9 Å². The number of nitrogens with one attached hydrogen (secondary N) is 2. The molecule has 3 rings (SSSR count). The summed E-state index contributed by atoms with van der Waals surface area (Å²) < 4.78 is 32.3. The van der Waals surface area contributed by atoms with Crippen LogP contribution in [-0.2, 0) is 10.0 Å². The van der Waals surface area contributed by atoms with E-state index in [9.17, 15) is 13.2 Å². The lowest BCUT2D eigenvalue weighted by molar-refractivity contribution is 0.102. The van der Waals surface area contributed by atoms with Crippen molar-refractivity contribution in [2.45, 2.75) is 4.90 Å². The highest BCUT2D eigenvalue weighted by Crippen LogP contribution is 2.24. The Morgan fingerprint density at radius 2 is 1.75 bits per heavy atom. The van der Waals surface area contributed by atoms with Crippen molar-refractivity contribution in [2.75, 3.05) is 17.1 Å². The number of hydrogen-bond donors (Lipinski definition) is 2. The van der Waals surface area contributed by atoms with Gasteiger partial charge in [0.2, 0.25) is 0 Å². The van der Waals surface area contributed by atoms with E-state index >= 15 is 0 Å². The molecule has 0 atom stereocenters. The predicted octanol–water partition coefficient (Wildman–Crippen LogP) is 3.80. The fraction of sp³-hybridized carbons (Fsp3) is 0.0526. The minimum atomic E-state index is -3.81. The smallest absolute Gasteiger partial charge is 0.263 e. The lowest BCUT2D eigenvalue weighted by Crippen LogP contribution is -2.14. The highest BCUT2D eigenvalue weighted by Gasteiger charge is 2.15. The summed E-state index contributed by atoms with van der Waals surface area (Å²) >= 11 is 5.67. The van der Waals surface area contributed by atoms with Crippen LogP contribution < -0.4 is 14.8 Å². The molecule has 0 saturated carbocycles. The summed E-state index contributed by atoms with van der Waals surface area (Å²) in [6.07, 6.45) is 1.17. The Hall–Kier alpha value is -3.10. The number of anilines is 2. The Balaban J connectivity index is 1.72. The van der Waals surface area contributed by atoms with E-state index in [-0.39, 0.29) is 16.0 Å². The van der Waals surface area contributed by atoms with Gasteiger partial charge in [0.25, 0.3) is 15.9 Å². The van der Waals surface area contributed by atoms with E-state index in [2.05, 4.69) is 15.0 Å². The Morgan fingerprint density at radius 3 is 2.39 bits per heavy atom. The van der Waals surface area contributed by atoms with Crippen molar-refractivity contribution < 1.29 is 17.9 Å². The maximum absolute atomic E-state index is 12.4.